The molecule has 24 heavy (non-hydrogen) atoms. The fraction of sp³-hybridized carbons (Fsp3) is 0.556. The molecule has 1 N–H and O–H groups in total. The smallest absolute Gasteiger partial charge is 0.103 e. The van der Waals surface area contributed by atoms with Crippen LogP contribution in [0.3, 0.4) is 0 Å². The van der Waals surface area contributed by atoms with Crippen LogP contribution in [0.1, 0.15) is 23.5 Å². The highest BCUT2D eigenvalue weighted by Crippen LogP contribution is 2.25. The number of aromatic nitrogens is 3. The molecule has 2 atom stereocenters. The lowest BCUT2D eigenvalue weighted by Gasteiger charge is -2.47. The molecule has 2 aromatic heterocycles. The molecule has 6 nitrogen and oxygen atoms in total. The standard InChI is InChI=1S/C18H25N5O/c1-14-20-10-16(21-14)12-22-7-4-18-17(13-22)23(8-9-24-18)11-15-2-5-19-6-3-15/h2-3,5-6,10,17-18H,4,7-9,11-13H2,1H3,(H,20,21)/t17-,18-/m1/s1. The zero-order valence-electron chi connectivity index (χ0n) is 14.2. The number of fused-ring (bicyclic) bond motifs is 1. The zero-order chi connectivity index (χ0) is 16.4. The van der Waals surface area contributed by atoms with Crippen molar-refractivity contribution in [1.82, 2.24) is 24.8 Å². The summed E-state index contributed by atoms with van der Waals surface area (Å²) in [5.74, 6) is 0.986. The van der Waals surface area contributed by atoms with Gasteiger partial charge in [-0.3, -0.25) is 14.8 Å². The van der Waals surface area contributed by atoms with Gasteiger partial charge < -0.3 is 9.72 Å². The van der Waals surface area contributed by atoms with Crippen LogP contribution in [0, 0.1) is 6.92 Å². The summed E-state index contributed by atoms with van der Waals surface area (Å²) in [4.78, 5) is 16.9. The van der Waals surface area contributed by atoms with E-state index in [4.69, 9.17) is 4.74 Å². The summed E-state index contributed by atoms with van der Waals surface area (Å²) in [6.45, 7) is 7.89. The molecule has 6 heteroatoms. The number of hydrogen-bond acceptors (Lipinski definition) is 5. The molecule has 0 aromatic carbocycles. The molecule has 0 unspecified atom stereocenters. The first-order chi connectivity index (χ1) is 11.8. The van der Waals surface area contributed by atoms with Gasteiger partial charge in [0.25, 0.3) is 0 Å². The topological polar surface area (TPSA) is 57.3 Å². The van der Waals surface area contributed by atoms with Gasteiger partial charge in [0.2, 0.25) is 0 Å². The number of aromatic amines is 1. The summed E-state index contributed by atoms with van der Waals surface area (Å²) in [6, 6.07) is 4.68. The van der Waals surface area contributed by atoms with Crippen molar-refractivity contribution in [3.63, 3.8) is 0 Å². The third-order valence-corrected chi connectivity index (χ3v) is 5.07. The van der Waals surface area contributed by atoms with Crippen molar-refractivity contribution in [2.75, 3.05) is 26.2 Å². The number of H-pyrrole nitrogens is 1. The molecule has 4 heterocycles. The molecule has 2 aliphatic rings. The van der Waals surface area contributed by atoms with E-state index in [1.54, 1.807) is 0 Å². The van der Waals surface area contributed by atoms with E-state index >= 15 is 0 Å². The van der Waals surface area contributed by atoms with E-state index in [0.29, 0.717) is 12.1 Å². The van der Waals surface area contributed by atoms with E-state index < -0.39 is 0 Å². The van der Waals surface area contributed by atoms with Crippen molar-refractivity contribution < 1.29 is 4.74 Å². The molecule has 2 aromatic rings. The average Bonchev–Trinajstić information content (AvgIpc) is 3.01. The van der Waals surface area contributed by atoms with Crippen molar-refractivity contribution in [3.8, 4) is 0 Å². The summed E-state index contributed by atoms with van der Waals surface area (Å²) in [5.41, 5.74) is 2.52. The highest BCUT2D eigenvalue weighted by Gasteiger charge is 2.36. The van der Waals surface area contributed by atoms with E-state index in [1.807, 2.05) is 25.5 Å². The Bertz CT molecular complexity index is 658. The van der Waals surface area contributed by atoms with Gasteiger partial charge in [-0.15, -0.1) is 0 Å². The van der Waals surface area contributed by atoms with E-state index in [0.717, 1.165) is 51.6 Å². The van der Waals surface area contributed by atoms with Gasteiger partial charge in [0.1, 0.15) is 5.82 Å². The second kappa shape index (κ2) is 7.01. The average molecular weight is 327 g/mol. The van der Waals surface area contributed by atoms with E-state index in [1.165, 1.54) is 11.3 Å². The molecule has 0 amide bonds. The number of nitrogens with one attached hydrogen (secondary N) is 1. The number of aryl methyl sites for hydroxylation is 1. The highest BCUT2D eigenvalue weighted by atomic mass is 16.5. The molecule has 2 aliphatic heterocycles. The van der Waals surface area contributed by atoms with Gasteiger partial charge in [0, 0.05) is 63.1 Å². The molecule has 4 rings (SSSR count). The molecule has 128 valence electrons. The Morgan fingerprint density at radius 1 is 1.25 bits per heavy atom. The third-order valence-electron chi connectivity index (χ3n) is 5.07. The SMILES string of the molecule is Cc1ncc(CN2CC[C@H]3OCCN(Cc4ccncc4)[C@@H]3C2)[nH]1. The zero-order valence-corrected chi connectivity index (χ0v) is 14.2. The Kier molecular flexibility index (Phi) is 4.60. The van der Waals surface area contributed by atoms with Crippen LogP contribution < -0.4 is 0 Å². The van der Waals surface area contributed by atoms with E-state index in [9.17, 15) is 0 Å². The monoisotopic (exact) mass is 327 g/mol. The van der Waals surface area contributed by atoms with Crippen molar-refractivity contribution in [2.45, 2.75) is 38.6 Å². The lowest BCUT2D eigenvalue weighted by Crippen LogP contribution is -2.59. The number of rotatable bonds is 4. The maximum absolute atomic E-state index is 6.05. The van der Waals surface area contributed by atoms with Crippen molar-refractivity contribution in [3.05, 3.63) is 47.8 Å². The quantitative estimate of drug-likeness (QED) is 0.924. The minimum Gasteiger partial charge on any atom is -0.375 e. The minimum atomic E-state index is 0.361. The third kappa shape index (κ3) is 3.50. The van der Waals surface area contributed by atoms with Crippen LogP contribution >= 0.6 is 0 Å². The molecule has 2 saturated heterocycles. The first-order valence-corrected chi connectivity index (χ1v) is 8.75. The van der Waals surface area contributed by atoms with E-state index in [-0.39, 0.29) is 0 Å². The predicted octanol–water partition coefficient (Wildman–Crippen LogP) is 1.59. The second-order valence-electron chi connectivity index (χ2n) is 6.82. The van der Waals surface area contributed by atoms with Gasteiger partial charge in [-0.05, 0) is 31.0 Å². The number of imidazole rings is 1. The van der Waals surface area contributed by atoms with Gasteiger partial charge in [-0.25, -0.2) is 4.98 Å². The molecular weight excluding hydrogens is 302 g/mol. The summed E-state index contributed by atoms with van der Waals surface area (Å²) in [6.07, 6.45) is 7.17. The number of piperidine rings is 1. The predicted molar refractivity (Wildman–Crippen MR) is 91.4 cm³/mol. The molecule has 0 spiro atoms. The van der Waals surface area contributed by atoms with Crippen LogP contribution in [-0.2, 0) is 17.8 Å². The normalized spacial score (nSPS) is 25.5. The van der Waals surface area contributed by atoms with Crippen LogP contribution in [-0.4, -0.2) is 63.1 Å². The summed E-state index contributed by atoms with van der Waals surface area (Å²) >= 11 is 0. The van der Waals surface area contributed by atoms with Crippen molar-refractivity contribution in [1.29, 1.82) is 0 Å². The summed E-state index contributed by atoms with van der Waals surface area (Å²) < 4.78 is 6.05. The number of nitrogens with zero attached hydrogens (tertiary/aromatic N) is 4. The van der Waals surface area contributed by atoms with Gasteiger partial charge >= 0.3 is 0 Å². The molecule has 0 aliphatic carbocycles. The van der Waals surface area contributed by atoms with Gasteiger partial charge in [0.05, 0.1) is 12.7 Å². The Morgan fingerprint density at radius 3 is 2.92 bits per heavy atom. The summed E-state index contributed by atoms with van der Waals surface area (Å²) in [7, 11) is 0. The lowest BCUT2D eigenvalue weighted by molar-refractivity contribution is -0.107. The van der Waals surface area contributed by atoms with Crippen LogP contribution in [0.2, 0.25) is 0 Å². The molecule has 2 fully saturated rings. The number of hydrogen-bond donors (Lipinski definition) is 1. The highest BCUT2D eigenvalue weighted by molar-refractivity contribution is 5.10. The van der Waals surface area contributed by atoms with Gasteiger partial charge in [0.15, 0.2) is 0 Å². The molecule has 0 radical (unpaired) electrons. The molecule has 0 bridgehead atoms. The van der Waals surface area contributed by atoms with E-state index in [2.05, 4.69) is 36.9 Å². The first-order valence-electron chi connectivity index (χ1n) is 8.75. The van der Waals surface area contributed by atoms with Gasteiger partial charge in [-0.2, -0.15) is 0 Å². The van der Waals surface area contributed by atoms with Crippen LogP contribution in [0.5, 0.6) is 0 Å². The fourth-order valence-corrected chi connectivity index (χ4v) is 3.86. The Labute approximate surface area is 142 Å². The van der Waals surface area contributed by atoms with Crippen LogP contribution in [0.15, 0.2) is 30.7 Å². The number of pyridine rings is 1. The van der Waals surface area contributed by atoms with Gasteiger partial charge in [-0.1, -0.05) is 0 Å². The Hall–Kier alpha value is -1.76. The van der Waals surface area contributed by atoms with Crippen LogP contribution in [0.4, 0.5) is 0 Å². The second-order valence-corrected chi connectivity index (χ2v) is 6.82. The maximum Gasteiger partial charge on any atom is 0.103 e. The summed E-state index contributed by atoms with van der Waals surface area (Å²) in [5, 5.41) is 0. The number of morpholine rings is 1. The van der Waals surface area contributed by atoms with Crippen LogP contribution in [0.25, 0.3) is 0 Å². The van der Waals surface area contributed by atoms with Crippen molar-refractivity contribution >= 4 is 0 Å². The fourth-order valence-electron chi connectivity index (χ4n) is 3.86. The minimum absolute atomic E-state index is 0.361. The Balaban J connectivity index is 1.43. The maximum atomic E-state index is 6.05. The number of likely N-dealkylation sites (tertiary alicyclic amines) is 1. The first kappa shape index (κ1) is 15.7. The van der Waals surface area contributed by atoms with Crippen molar-refractivity contribution in [2.24, 2.45) is 0 Å². The number of ether oxygens (including phenoxy) is 1. The lowest BCUT2D eigenvalue weighted by atomic mass is 9.98. The largest absolute Gasteiger partial charge is 0.375 e. The molecular formula is C18H25N5O. The Morgan fingerprint density at radius 2 is 2.12 bits per heavy atom. The molecule has 0 saturated carbocycles.